The first-order chi connectivity index (χ1) is 6.67. The molecular formula is C10H22N2O2. The average molecular weight is 202 g/mol. The molecule has 14 heavy (non-hydrogen) atoms. The summed E-state index contributed by atoms with van der Waals surface area (Å²) < 4.78 is 10.8. The summed E-state index contributed by atoms with van der Waals surface area (Å²) in [4.78, 5) is 2.36. The van der Waals surface area contributed by atoms with Crippen LogP contribution in [0.2, 0.25) is 0 Å². The van der Waals surface area contributed by atoms with E-state index in [0.717, 1.165) is 13.1 Å². The van der Waals surface area contributed by atoms with Gasteiger partial charge in [0.25, 0.3) is 0 Å². The van der Waals surface area contributed by atoms with E-state index < -0.39 is 0 Å². The van der Waals surface area contributed by atoms with Crippen LogP contribution in [-0.4, -0.2) is 56.5 Å². The fourth-order valence-corrected chi connectivity index (χ4v) is 2.03. The quantitative estimate of drug-likeness (QED) is 0.701. The molecule has 0 saturated carbocycles. The third kappa shape index (κ3) is 3.20. The molecule has 2 N–H and O–H groups in total. The first-order valence-corrected chi connectivity index (χ1v) is 5.25. The molecule has 0 aromatic carbocycles. The van der Waals surface area contributed by atoms with E-state index in [1.165, 1.54) is 0 Å². The van der Waals surface area contributed by atoms with Crippen molar-refractivity contribution in [3.05, 3.63) is 0 Å². The van der Waals surface area contributed by atoms with Crippen LogP contribution in [0.4, 0.5) is 0 Å². The SMILES string of the molecule is COCC(CN)N1CC(C)OC(C)C1. The smallest absolute Gasteiger partial charge is 0.0678 e. The zero-order valence-electron chi connectivity index (χ0n) is 9.40. The van der Waals surface area contributed by atoms with Gasteiger partial charge in [-0.1, -0.05) is 0 Å². The van der Waals surface area contributed by atoms with E-state index in [1.54, 1.807) is 7.11 Å². The monoisotopic (exact) mass is 202 g/mol. The van der Waals surface area contributed by atoms with E-state index >= 15 is 0 Å². The molecule has 1 fully saturated rings. The predicted octanol–water partition coefficient (Wildman–Crippen LogP) is 0.0693. The lowest BCUT2D eigenvalue weighted by molar-refractivity contribution is -0.0860. The second-order valence-electron chi connectivity index (χ2n) is 4.06. The lowest BCUT2D eigenvalue weighted by atomic mass is 10.1. The highest BCUT2D eigenvalue weighted by Gasteiger charge is 2.26. The summed E-state index contributed by atoms with van der Waals surface area (Å²) in [5.41, 5.74) is 5.72. The summed E-state index contributed by atoms with van der Waals surface area (Å²) in [6, 6.07) is 0.328. The molecule has 0 aromatic heterocycles. The van der Waals surface area contributed by atoms with Gasteiger partial charge in [0.05, 0.1) is 18.8 Å². The minimum Gasteiger partial charge on any atom is -0.383 e. The number of methoxy groups -OCH3 is 1. The van der Waals surface area contributed by atoms with E-state index in [1.807, 2.05) is 0 Å². The van der Waals surface area contributed by atoms with Crippen LogP contribution in [0.3, 0.4) is 0 Å². The third-order valence-corrected chi connectivity index (χ3v) is 2.60. The summed E-state index contributed by atoms with van der Waals surface area (Å²) in [6.45, 7) is 7.46. The summed E-state index contributed by atoms with van der Waals surface area (Å²) in [5.74, 6) is 0. The van der Waals surface area contributed by atoms with Gasteiger partial charge in [0.1, 0.15) is 0 Å². The van der Waals surface area contributed by atoms with Gasteiger partial charge >= 0.3 is 0 Å². The average Bonchev–Trinajstić information content (AvgIpc) is 2.12. The van der Waals surface area contributed by atoms with Gasteiger partial charge < -0.3 is 15.2 Å². The van der Waals surface area contributed by atoms with E-state index in [9.17, 15) is 0 Å². The Kier molecular flexibility index (Phi) is 4.81. The van der Waals surface area contributed by atoms with Gasteiger partial charge in [0, 0.05) is 32.8 Å². The first-order valence-electron chi connectivity index (χ1n) is 5.25. The number of rotatable bonds is 4. The fraction of sp³-hybridized carbons (Fsp3) is 1.00. The topological polar surface area (TPSA) is 47.7 Å². The van der Waals surface area contributed by atoms with E-state index in [0.29, 0.717) is 31.4 Å². The number of hydrogen-bond acceptors (Lipinski definition) is 4. The van der Waals surface area contributed by atoms with Crippen LogP contribution in [0.15, 0.2) is 0 Å². The number of morpholine rings is 1. The summed E-state index contributed by atoms with van der Waals surface area (Å²) >= 11 is 0. The Morgan fingerprint density at radius 1 is 1.43 bits per heavy atom. The number of ether oxygens (including phenoxy) is 2. The van der Waals surface area contributed by atoms with Crippen LogP contribution < -0.4 is 5.73 Å². The zero-order chi connectivity index (χ0) is 10.6. The van der Waals surface area contributed by atoms with Crippen LogP contribution in [0.1, 0.15) is 13.8 Å². The molecule has 0 spiro atoms. The van der Waals surface area contributed by atoms with Crippen molar-refractivity contribution in [2.75, 3.05) is 33.4 Å². The predicted molar refractivity (Wildman–Crippen MR) is 56.3 cm³/mol. The van der Waals surface area contributed by atoms with Crippen molar-refractivity contribution in [2.45, 2.75) is 32.1 Å². The summed E-state index contributed by atoms with van der Waals surface area (Å²) in [5, 5.41) is 0. The van der Waals surface area contributed by atoms with Crippen molar-refractivity contribution in [3.63, 3.8) is 0 Å². The van der Waals surface area contributed by atoms with E-state index in [4.69, 9.17) is 15.2 Å². The molecule has 0 bridgehead atoms. The molecular weight excluding hydrogens is 180 g/mol. The fourth-order valence-electron chi connectivity index (χ4n) is 2.03. The Labute approximate surface area is 86.3 Å². The molecule has 0 aliphatic carbocycles. The Balaban J connectivity index is 2.47. The Hall–Kier alpha value is -0.160. The van der Waals surface area contributed by atoms with Gasteiger partial charge in [-0.2, -0.15) is 0 Å². The standard InChI is InChI=1S/C10H22N2O2/c1-8-5-12(6-9(2)14-8)10(4-11)7-13-3/h8-10H,4-7,11H2,1-3H3. The van der Waals surface area contributed by atoms with Crippen molar-refractivity contribution in [1.82, 2.24) is 4.90 Å². The van der Waals surface area contributed by atoms with Gasteiger partial charge in [-0.05, 0) is 13.8 Å². The van der Waals surface area contributed by atoms with E-state index in [2.05, 4.69) is 18.7 Å². The second kappa shape index (κ2) is 5.66. The normalized spacial score (nSPS) is 31.7. The second-order valence-corrected chi connectivity index (χ2v) is 4.06. The van der Waals surface area contributed by atoms with Crippen molar-refractivity contribution < 1.29 is 9.47 Å². The molecule has 0 amide bonds. The molecule has 0 radical (unpaired) electrons. The van der Waals surface area contributed by atoms with E-state index in [-0.39, 0.29) is 0 Å². The lowest BCUT2D eigenvalue weighted by Gasteiger charge is -2.39. The minimum atomic E-state index is 0.296. The molecule has 4 nitrogen and oxygen atoms in total. The molecule has 1 saturated heterocycles. The molecule has 4 heteroatoms. The summed E-state index contributed by atoms with van der Waals surface area (Å²) in [6.07, 6.45) is 0.592. The first kappa shape index (κ1) is 11.9. The van der Waals surface area contributed by atoms with Gasteiger partial charge in [-0.15, -0.1) is 0 Å². The highest BCUT2D eigenvalue weighted by atomic mass is 16.5. The van der Waals surface area contributed by atoms with Gasteiger partial charge in [-0.25, -0.2) is 0 Å². The molecule has 1 rings (SSSR count). The van der Waals surface area contributed by atoms with Crippen LogP contribution in [0, 0.1) is 0 Å². The molecule has 1 aliphatic heterocycles. The molecule has 3 atom stereocenters. The maximum Gasteiger partial charge on any atom is 0.0678 e. The van der Waals surface area contributed by atoms with Crippen LogP contribution in [-0.2, 0) is 9.47 Å². The van der Waals surface area contributed by atoms with Crippen molar-refractivity contribution in [3.8, 4) is 0 Å². The molecule has 3 unspecified atom stereocenters. The van der Waals surface area contributed by atoms with Crippen molar-refractivity contribution in [1.29, 1.82) is 0 Å². The zero-order valence-corrected chi connectivity index (χ0v) is 9.40. The molecule has 1 heterocycles. The highest BCUT2D eigenvalue weighted by Crippen LogP contribution is 2.13. The molecule has 1 aliphatic rings. The lowest BCUT2D eigenvalue weighted by Crippen LogP contribution is -2.53. The largest absolute Gasteiger partial charge is 0.383 e. The van der Waals surface area contributed by atoms with Crippen molar-refractivity contribution in [2.24, 2.45) is 5.73 Å². The van der Waals surface area contributed by atoms with Gasteiger partial charge in [-0.3, -0.25) is 4.90 Å². The highest BCUT2D eigenvalue weighted by molar-refractivity contribution is 4.80. The van der Waals surface area contributed by atoms with Gasteiger partial charge in [0.2, 0.25) is 0 Å². The maximum absolute atomic E-state index is 5.72. The van der Waals surface area contributed by atoms with Crippen molar-refractivity contribution >= 4 is 0 Å². The number of nitrogens with zero attached hydrogens (tertiary/aromatic N) is 1. The van der Waals surface area contributed by atoms with Crippen LogP contribution >= 0.6 is 0 Å². The number of nitrogens with two attached hydrogens (primary N) is 1. The third-order valence-electron chi connectivity index (χ3n) is 2.60. The summed E-state index contributed by atoms with van der Waals surface area (Å²) in [7, 11) is 1.72. The minimum absolute atomic E-state index is 0.296. The van der Waals surface area contributed by atoms with Gasteiger partial charge in [0.15, 0.2) is 0 Å². The maximum atomic E-state index is 5.72. The Morgan fingerprint density at radius 2 is 2.00 bits per heavy atom. The Bertz CT molecular complexity index is 156. The Morgan fingerprint density at radius 3 is 2.43 bits per heavy atom. The molecule has 0 aromatic rings. The van der Waals surface area contributed by atoms with Crippen LogP contribution in [0.25, 0.3) is 0 Å². The van der Waals surface area contributed by atoms with Crippen LogP contribution in [0.5, 0.6) is 0 Å². The number of hydrogen-bond donors (Lipinski definition) is 1. The molecule has 84 valence electrons.